The zero-order valence-corrected chi connectivity index (χ0v) is 15.9. The molecule has 0 aliphatic heterocycles. The van der Waals surface area contributed by atoms with Gasteiger partial charge in [-0.1, -0.05) is 50.2 Å². The fourth-order valence-electron chi connectivity index (χ4n) is 3.10. The lowest BCUT2D eigenvalue weighted by Crippen LogP contribution is -2.20. The Morgan fingerprint density at radius 1 is 1.11 bits per heavy atom. The first-order valence-electron chi connectivity index (χ1n) is 9.34. The summed E-state index contributed by atoms with van der Waals surface area (Å²) in [5.74, 6) is 1.31. The largest absolute Gasteiger partial charge is 0.484 e. The molecule has 4 aromatic rings. The molecule has 2 aromatic heterocycles. The van der Waals surface area contributed by atoms with Crippen LogP contribution in [0.15, 0.2) is 60.7 Å². The second-order valence-corrected chi connectivity index (χ2v) is 7.13. The van der Waals surface area contributed by atoms with Crippen LogP contribution >= 0.6 is 0 Å². The fourth-order valence-corrected chi connectivity index (χ4v) is 3.10. The Kier molecular flexibility index (Phi) is 4.93. The van der Waals surface area contributed by atoms with E-state index in [9.17, 15) is 4.79 Å². The number of carbonyl (C=O) groups excluding carboxylic acids is 1. The number of para-hydroxylation sites is 2. The van der Waals surface area contributed by atoms with Crippen molar-refractivity contribution in [3.63, 3.8) is 0 Å². The molecule has 2 aromatic carbocycles. The summed E-state index contributed by atoms with van der Waals surface area (Å²) in [6.45, 7) is 4.89. The van der Waals surface area contributed by atoms with Crippen LogP contribution in [0.5, 0.6) is 5.75 Å². The molecule has 6 heteroatoms. The number of fused-ring (bicyclic) bond motifs is 2. The van der Waals surface area contributed by atoms with Gasteiger partial charge < -0.3 is 10.1 Å². The van der Waals surface area contributed by atoms with Crippen LogP contribution in [-0.2, 0) is 11.3 Å². The molecule has 28 heavy (non-hydrogen) atoms. The van der Waals surface area contributed by atoms with Gasteiger partial charge >= 0.3 is 0 Å². The molecular weight excluding hydrogens is 352 g/mol. The third kappa shape index (κ3) is 3.81. The lowest BCUT2D eigenvalue weighted by atomic mass is 10.2. The van der Waals surface area contributed by atoms with Crippen molar-refractivity contribution >= 4 is 33.7 Å². The fraction of sp³-hybridized carbons (Fsp3) is 0.227. The van der Waals surface area contributed by atoms with Gasteiger partial charge in [0.15, 0.2) is 18.1 Å². The zero-order chi connectivity index (χ0) is 19.5. The first-order valence-corrected chi connectivity index (χ1v) is 9.34. The van der Waals surface area contributed by atoms with Crippen molar-refractivity contribution in [2.75, 3.05) is 11.9 Å². The van der Waals surface area contributed by atoms with E-state index in [-0.39, 0.29) is 12.5 Å². The monoisotopic (exact) mass is 374 g/mol. The van der Waals surface area contributed by atoms with Crippen molar-refractivity contribution < 1.29 is 9.53 Å². The smallest absolute Gasteiger partial charge is 0.263 e. The molecule has 1 N–H and O–H groups in total. The van der Waals surface area contributed by atoms with Gasteiger partial charge in [0.25, 0.3) is 5.91 Å². The minimum atomic E-state index is -0.256. The summed E-state index contributed by atoms with van der Waals surface area (Å²) in [5, 5.41) is 9.33. The third-order valence-electron chi connectivity index (χ3n) is 4.33. The molecule has 2 heterocycles. The predicted molar refractivity (Wildman–Crippen MR) is 110 cm³/mol. The van der Waals surface area contributed by atoms with Gasteiger partial charge in [0.1, 0.15) is 5.75 Å². The topological polar surface area (TPSA) is 69.0 Å². The molecule has 0 radical (unpaired) electrons. The number of ether oxygens (including phenoxy) is 1. The highest BCUT2D eigenvalue weighted by Crippen LogP contribution is 2.26. The number of nitrogens with zero attached hydrogens (tertiary/aromatic N) is 3. The van der Waals surface area contributed by atoms with Crippen LogP contribution in [0.2, 0.25) is 0 Å². The van der Waals surface area contributed by atoms with Crippen molar-refractivity contribution in [2.24, 2.45) is 5.92 Å². The van der Waals surface area contributed by atoms with Gasteiger partial charge in [-0.15, -0.1) is 0 Å². The van der Waals surface area contributed by atoms with E-state index in [0.29, 0.717) is 17.5 Å². The van der Waals surface area contributed by atoms with E-state index >= 15 is 0 Å². The molecule has 142 valence electrons. The Morgan fingerprint density at radius 2 is 1.86 bits per heavy atom. The average molecular weight is 374 g/mol. The summed E-state index contributed by atoms with van der Waals surface area (Å²) < 4.78 is 7.39. The maximum Gasteiger partial charge on any atom is 0.263 e. The maximum atomic E-state index is 12.4. The van der Waals surface area contributed by atoms with Crippen molar-refractivity contribution in [1.82, 2.24) is 14.8 Å². The molecule has 0 fully saturated rings. The Hall–Kier alpha value is -3.41. The number of hydrogen-bond donors (Lipinski definition) is 1. The second kappa shape index (κ2) is 7.68. The number of benzene rings is 2. The van der Waals surface area contributed by atoms with Crippen LogP contribution < -0.4 is 10.1 Å². The highest BCUT2D eigenvalue weighted by molar-refractivity contribution is 6.03. The zero-order valence-electron chi connectivity index (χ0n) is 15.9. The van der Waals surface area contributed by atoms with Gasteiger partial charge in [-0.3, -0.25) is 4.79 Å². The predicted octanol–water partition coefficient (Wildman–Crippen LogP) is 4.26. The van der Waals surface area contributed by atoms with Crippen LogP contribution in [0.4, 0.5) is 5.82 Å². The van der Waals surface area contributed by atoms with Crippen molar-refractivity contribution in [3.05, 3.63) is 60.7 Å². The number of carbonyl (C=O) groups is 1. The molecule has 1 amide bonds. The van der Waals surface area contributed by atoms with Gasteiger partial charge in [0.2, 0.25) is 0 Å². The standard InChI is InChI=1S/C22H22N4O2/c1-15(2)13-26-22-18(12-16-8-6-7-11-19(16)23-22)21(25-26)24-20(27)14-28-17-9-4-3-5-10-17/h3-12,15H,13-14H2,1-2H3,(H,24,25,27). The second-order valence-electron chi connectivity index (χ2n) is 7.13. The lowest BCUT2D eigenvalue weighted by molar-refractivity contribution is -0.118. The normalized spacial score (nSPS) is 11.2. The number of anilines is 1. The number of rotatable bonds is 6. The molecule has 0 bridgehead atoms. The highest BCUT2D eigenvalue weighted by Gasteiger charge is 2.16. The molecule has 0 saturated carbocycles. The number of pyridine rings is 1. The molecule has 0 unspecified atom stereocenters. The van der Waals surface area contributed by atoms with E-state index in [2.05, 4.69) is 24.3 Å². The molecule has 0 aliphatic rings. The van der Waals surface area contributed by atoms with Crippen LogP contribution in [-0.4, -0.2) is 27.3 Å². The van der Waals surface area contributed by atoms with Gasteiger partial charge in [-0.25, -0.2) is 9.67 Å². The molecular formula is C22H22N4O2. The van der Waals surface area contributed by atoms with Crippen LogP contribution in [0.25, 0.3) is 21.9 Å². The molecule has 4 rings (SSSR count). The summed E-state index contributed by atoms with van der Waals surface area (Å²) >= 11 is 0. The van der Waals surface area contributed by atoms with Gasteiger partial charge in [0, 0.05) is 11.9 Å². The number of nitrogens with one attached hydrogen (secondary N) is 1. The van der Waals surface area contributed by atoms with Crippen LogP contribution in [0.3, 0.4) is 0 Å². The Balaban J connectivity index is 1.63. The highest BCUT2D eigenvalue weighted by atomic mass is 16.5. The minimum absolute atomic E-state index is 0.0798. The van der Waals surface area contributed by atoms with E-state index < -0.39 is 0 Å². The van der Waals surface area contributed by atoms with Crippen molar-refractivity contribution in [2.45, 2.75) is 20.4 Å². The summed E-state index contributed by atoms with van der Waals surface area (Å²) in [7, 11) is 0. The summed E-state index contributed by atoms with van der Waals surface area (Å²) in [4.78, 5) is 17.2. The minimum Gasteiger partial charge on any atom is -0.484 e. The van der Waals surface area contributed by atoms with Gasteiger partial charge in [-0.05, 0) is 30.2 Å². The third-order valence-corrected chi connectivity index (χ3v) is 4.33. The summed E-state index contributed by atoms with van der Waals surface area (Å²) in [5.41, 5.74) is 1.68. The van der Waals surface area contributed by atoms with Crippen molar-refractivity contribution in [1.29, 1.82) is 0 Å². The first kappa shape index (κ1) is 18.0. The number of hydrogen-bond acceptors (Lipinski definition) is 4. The first-order chi connectivity index (χ1) is 13.6. The Morgan fingerprint density at radius 3 is 2.64 bits per heavy atom. The van der Waals surface area contributed by atoms with E-state index in [1.54, 1.807) is 0 Å². The Labute approximate surface area is 163 Å². The lowest BCUT2D eigenvalue weighted by Gasteiger charge is -2.06. The average Bonchev–Trinajstić information content (AvgIpc) is 3.01. The van der Waals surface area contributed by atoms with Gasteiger partial charge in [-0.2, -0.15) is 5.10 Å². The molecule has 6 nitrogen and oxygen atoms in total. The summed E-state index contributed by atoms with van der Waals surface area (Å²) in [6, 6.07) is 19.2. The van der Waals surface area contributed by atoms with E-state index in [1.165, 1.54) is 0 Å². The molecule has 0 spiro atoms. The van der Waals surface area contributed by atoms with Gasteiger partial charge in [0.05, 0.1) is 10.9 Å². The molecule has 0 aliphatic carbocycles. The number of aromatic nitrogens is 3. The molecule has 0 saturated heterocycles. The molecule has 0 atom stereocenters. The summed E-state index contributed by atoms with van der Waals surface area (Å²) in [6.07, 6.45) is 0. The van der Waals surface area contributed by atoms with E-state index in [4.69, 9.17) is 9.72 Å². The Bertz CT molecular complexity index is 1120. The van der Waals surface area contributed by atoms with Crippen molar-refractivity contribution in [3.8, 4) is 5.75 Å². The van der Waals surface area contributed by atoms with E-state index in [1.807, 2.05) is 65.3 Å². The van der Waals surface area contributed by atoms with Crippen LogP contribution in [0.1, 0.15) is 13.8 Å². The number of amides is 1. The van der Waals surface area contributed by atoms with Crippen LogP contribution in [0, 0.1) is 5.92 Å². The maximum absolute atomic E-state index is 12.4. The van der Waals surface area contributed by atoms with E-state index in [0.717, 1.165) is 28.5 Å². The SMILES string of the molecule is CC(C)Cn1nc(NC(=O)COc2ccccc2)c2cc3ccccc3nc21. The quantitative estimate of drug-likeness (QED) is 0.548.